The lowest BCUT2D eigenvalue weighted by Crippen LogP contribution is -2.16. The first kappa shape index (κ1) is 24.9. The molecule has 0 aliphatic heterocycles. The molecule has 0 fully saturated rings. The molecule has 0 aliphatic rings. The van der Waals surface area contributed by atoms with Gasteiger partial charge in [0.2, 0.25) is 5.91 Å². The molecular formula is C26H24ClFN2O4. The summed E-state index contributed by atoms with van der Waals surface area (Å²) in [5, 5.41) is 5.18. The van der Waals surface area contributed by atoms with Crippen LogP contribution in [0.5, 0.6) is 0 Å². The fraction of sp³-hybridized carbons (Fsp3) is 0.192. The van der Waals surface area contributed by atoms with Crippen molar-refractivity contribution < 1.29 is 23.5 Å². The van der Waals surface area contributed by atoms with Crippen LogP contribution in [-0.2, 0) is 20.7 Å². The van der Waals surface area contributed by atoms with E-state index in [1.165, 1.54) is 23.8 Å². The highest BCUT2D eigenvalue weighted by Gasteiger charge is 2.11. The number of carbonyl (C=O) groups excluding carboxylic acids is 3. The predicted octanol–water partition coefficient (Wildman–Crippen LogP) is 5.63. The molecule has 0 atom stereocenters. The summed E-state index contributed by atoms with van der Waals surface area (Å²) >= 11 is 5.73. The number of hydrogen-bond acceptors (Lipinski definition) is 4. The van der Waals surface area contributed by atoms with Gasteiger partial charge in [-0.25, -0.2) is 4.39 Å². The van der Waals surface area contributed by atoms with Crippen LogP contribution in [0, 0.1) is 5.82 Å². The Labute approximate surface area is 202 Å². The summed E-state index contributed by atoms with van der Waals surface area (Å²) in [6, 6.07) is 20.1. The van der Waals surface area contributed by atoms with Crippen molar-refractivity contribution in [1.29, 1.82) is 0 Å². The maximum atomic E-state index is 13.3. The van der Waals surface area contributed by atoms with Crippen molar-refractivity contribution in [3.05, 3.63) is 94.8 Å². The summed E-state index contributed by atoms with van der Waals surface area (Å²) in [6.07, 6.45) is 1.44. The van der Waals surface area contributed by atoms with Gasteiger partial charge in [0, 0.05) is 23.4 Å². The molecule has 0 radical (unpaired) electrons. The van der Waals surface area contributed by atoms with E-state index >= 15 is 0 Å². The summed E-state index contributed by atoms with van der Waals surface area (Å²) in [7, 11) is 0. The Morgan fingerprint density at radius 1 is 0.853 bits per heavy atom. The van der Waals surface area contributed by atoms with Gasteiger partial charge in [-0.15, -0.1) is 0 Å². The fourth-order valence-electron chi connectivity index (χ4n) is 3.13. The third-order valence-corrected chi connectivity index (χ3v) is 5.15. The van der Waals surface area contributed by atoms with E-state index in [0.717, 1.165) is 12.5 Å². The van der Waals surface area contributed by atoms with Crippen LogP contribution in [-0.4, -0.2) is 24.4 Å². The maximum Gasteiger partial charge on any atom is 0.306 e. The molecule has 0 spiro atoms. The van der Waals surface area contributed by atoms with E-state index in [-0.39, 0.29) is 29.3 Å². The van der Waals surface area contributed by atoms with Gasteiger partial charge in [0.15, 0.2) is 0 Å². The van der Waals surface area contributed by atoms with Crippen molar-refractivity contribution in [3.63, 3.8) is 0 Å². The number of anilines is 2. The number of ether oxygens (including phenoxy) is 1. The normalized spacial score (nSPS) is 10.4. The molecule has 0 aromatic heterocycles. The van der Waals surface area contributed by atoms with E-state index in [9.17, 15) is 18.8 Å². The van der Waals surface area contributed by atoms with E-state index < -0.39 is 17.7 Å². The van der Waals surface area contributed by atoms with Gasteiger partial charge < -0.3 is 15.4 Å². The van der Waals surface area contributed by atoms with E-state index in [1.807, 2.05) is 30.3 Å². The number of nitrogens with one attached hydrogen (secondary N) is 2. The van der Waals surface area contributed by atoms with Crippen LogP contribution in [0.1, 0.15) is 35.2 Å². The van der Waals surface area contributed by atoms with Gasteiger partial charge in [-0.2, -0.15) is 0 Å². The molecule has 8 heteroatoms. The Kier molecular flexibility index (Phi) is 9.17. The Bertz CT molecular complexity index is 1150. The smallest absolute Gasteiger partial charge is 0.306 e. The van der Waals surface area contributed by atoms with E-state index in [0.29, 0.717) is 24.4 Å². The number of amides is 2. The topological polar surface area (TPSA) is 84.5 Å². The third-order valence-electron chi connectivity index (χ3n) is 4.86. The van der Waals surface area contributed by atoms with Crippen LogP contribution in [0.25, 0.3) is 0 Å². The van der Waals surface area contributed by atoms with Crippen molar-refractivity contribution in [2.45, 2.75) is 25.7 Å². The minimum absolute atomic E-state index is 0.0390. The molecule has 0 unspecified atom stereocenters. The zero-order chi connectivity index (χ0) is 24.3. The quantitative estimate of drug-likeness (QED) is 0.290. The predicted molar refractivity (Wildman–Crippen MR) is 129 cm³/mol. The molecule has 2 N–H and O–H groups in total. The van der Waals surface area contributed by atoms with Crippen LogP contribution in [0.15, 0.2) is 72.8 Å². The Morgan fingerprint density at radius 3 is 2.38 bits per heavy atom. The fourth-order valence-corrected chi connectivity index (χ4v) is 3.31. The summed E-state index contributed by atoms with van der Waals surface area (Å²) in [5.74, 6) is -1.84. The van der Waals surface area contributed by atoms with Gasteiger partial charge in [-0.05, 0) is 54.8 Å². The molecule has 0 saturated carbocycles. The molecule has 0 bridgehead atoms. The van der Waals surface area contributed by atoms with Crippen molar-refractivity contribution in [2.24, 2.45) is 0 Å². The first-order valence-electron chi connectivity index (χ1n) is 10.8. The number of hydrogen-bond donors (Lipinski definition) is 2. The highest BCUT2D eigenvalue weighted by atomic mass is 35.5. The molecule has 3 rings (SSSR count). The molecule has 3 aromatic carbocycles. The van der Waals surface area contributed by atoms with Crippen LogP contribution < -0.4 is 10.6 Å². The number of carbonyl (C=O) groups is 3. The van der Waals surface area contributed by atoms with Crippen LogP contribution in [0.4, 0.5) is 15.8 Å². The standard InChI is InChI=1S/C26H24ClFN2O4/c27-22-17-21(11-12-23(22)28)30-26(33)19-9-4-10-20(16-19)29-24(31)13-14-25(32)34-15-5-8-18-6-2-1-3-7-18/h1-4,6-7,9-12,16-17H,5,8,13-15H2,(H,29,31)(H,30,33). The minimum Gasteiger partial charge on any atom is -0.466 e. The van der Waals surface area contributed by atoms with Crippen molar-refractivity contribution >= 4 is 40.8 Å². The summed E-state index contributed by atoms with van der Waals surface area (Å²) in [6.45, 7) is 0.297. The van der Waals surface area contributed by atoms with Gasteiger partial charge >= 0.3 is 5.97 Å². The van der Waals surface area contributed by atoms with Crippen molar-refractivity contribution in [2.75, 3.05) is 17.2 Å². The van der Waals surface area contributed by atoms with E-state index in [4.69, 9.17) is 16.3 Å². The average molecular weight is 483 g/mol. The largest absolute Gasteiger partial charge is 0.466 e. The number of rotatable bonds is 10. The first-order valence-corrected chi connectivity index (χ1v) is 11.1. The second-order valence-electron chi connectivity index (χ2n) is 7.52. The molecule has 0 aliphatic carbocycles. The molecule has 176 valence electrons. The third kappa shape index (κ3) is 8.01. The molecule has 6 nitrogen and oxygen atoms in total. The van der Waals surface area contributed by atoms with Crippen LogP contribution >= 0.6 is 11.6 Å². The maximum absolute atomic E-state index is 13.3. The van der Waals surface area contributed by atoms with Crippen molar-refractivity contribution in [3.8, 4) is 0 Å². The van der Waals surface area contributed by atoms with Gasteiger partial charge in [0.25, 0.3) is 5.91 Å². The summed E-state index contributed by atoms with van der Waals surface area (Å²) in [5.41, 5.74) is 2.21. The highest BCUT2D eigenvalue weighted by Crippen LogP contribution is 2.20. The lowest BCUT2D eigenvalue weighted by Gasteiger charge is -2.09. The molecule has 0 heterocycles. The van der Waals surface area contributed by atoms with Crippen LogP contribution in [0.3, 0.4) is 0 Å². The minimum atomic E-state index is -0.583. The van der Waals surface area contributed by atoms with E-state index in [2.05, 4.69) is 10.6 Å². The first-order chi connectivity index (χ1) is 16.4. The lowest BCUT2D eigenvalue weighted by atomic mass is 10.1. The molecule has 3 aromatic rings. The van der Waals surface area contributed by atoms with Gasteiger partial charge in [0.1, 0.15) is 5.82 Å². The van der Waals surface area contributed by atoms with Gasteiger partial charge in [0.05, 0.1) is 18.1 Å². The Morgan fingerprint density at radius 2 is 1.62 bits per heavy atom. The number of benzene rings is 3. The molecule has 0 saturated heterocycles. The molecule has 2 amide bonds. The lowest BCUT2D eigenvalue weighted by molar-refractivity contribution is -0.144. The summed E-state index contributed by atoms with van der Waals surface area (Å²) < 4.78 is 18.5. The zero-order valence-electron chi connectivity index (χ0n) is 18.4. The molecule has 34 heavy (non-hydrogen) atoms. The second-order valence-corrected chi connectivity index (χ2v) is 7.93. The average Bonchev–Trinajstić information content (AvgIpc) is 2.83. The monoisotopic (exact) mass is 482 g/mol. The summed E-state index contributed by atoms with van der Waals surface area (Å²) in [4.78, 5) is 36.5. The van der Waals surface area contributed by atoms with Gasteiger partial charge in [-0.3, -0.25) is 14.4 Å². The highest BCUT2D eigenvalue weighted by molar-refractivity contribution is 6.31. The Hall–Kier alpha value is -3.71. The number of halogens is 2. The van der Waals surface area contributed by atoms with Gasteiger partial charge in [-0.1, -0.05) is 48.0 Å². The molecular weight excluding hydrogens is 459 g/mol. The second kappa shape index (κ2) is 12.5. The Balaban J connectivity index is 1.41. The van der Waals surface area contributed by atoms with E-state index in [1.54, 1.807) is 18.2 Å². The zero-order valence-corrected chi connectivity index (χ0v) is 19.1. The number of aryl methyl sites for hydroxylation is 1. The SMILES string of the molecule is O=C(CCC(=O)OCCCc1ccccc1)Nc1cccc(C(=O)Nc2ccc(F)c(Cl)c2)c1. The number of esters is 1. The van der Waals surface area contributed by atoms with Crippen LogP contribution in [0.2, 0.25) is 5.02 Å². The van der Waals surface area contributed by atoms with Crippen molar-refractivity contribution in [1.82, 2.24) is 0 Å².